The maximum absolute atomic E-state index is 11.9. The van der Waals surface area contributed by atoms with Gasteiger partial charge >= 0.3 is 0 Å². The number of anilines is 2. The Balaban J connectivity index is 2.14. The summed E-state index contributed by atoms with van der Waals surface area (Å²) in [6.07, 6.45) is 2.92. The highest BCUT2D eigenvalue weighted by Gasteiger charge is 2.11. The third-order valence-electron chi connectivity index (χ3n) is 2.38. The molecule has 0 saturated carbocycles. The predicted molar refractivity (Wildman–Crippen MR) is 67.5 cm³/mol. The number of carbonyl (C=O) groups excluding carboxylic acids is 1. The lowest BCUT2D eigenvalue weighted by atomic mass is 10.4. The van der Waals surface area contributed by atoms with E-state index in [1.807, 2.05) is 6.92 Å². The summed E-state index contributed by atoms with van der Waals surface area (Å²) in [5, 5.41) is 9.70. The highest BCUT2D eigenvalue weighted by Crippen LogP contribution is 2.09. The summed E-state index contributed by atoms with van der Waals surface area (Å²) in [5.41, 5.74) is 1.09. The Kier molecular flexibility index (Phi) is 3.22. The van der Waals surface area contributed by atoms with E-state index in [9.17, 15) is 4.79 Å². The van der Waals surface area contributed by atoms with E-state index in [4.69, 9.17) is 0 Å². The molecule has 0 aliphatic carbocycles. The van der Waals surface area contributed by atoms with Gasteiger partial charge in [0.1, 0.15) is 17.3 Å². The van der Waals surface area contributed by atoms with Crippen LogP contribution in [0.3, 0.4) is 0 Å². The Bertz CT molecular complexity index is 559. The number of carbonyl (C=O) groups is 1. The van der Waals surface area contributed by atoms with Gasteiger partial charge in [-0.3, -0.25) is 9.48 Å². The fourth-order valence-corrected chi connectivity index (χ4v) is 1.48. The first-order valence-electron chi connectivity index (χ1n) is 5.42. The predicted octanol–water partition coefficient (Wildman–Crippen LogP) is 0.813. The molecule has 7 nitrogen and oxygen atoms in total. The van der Waals surface area contributed by atoms with Gasteiger partial charge in [-0.25, -0.2) is 9.97 Å². The Hall–Kier alpha value is -2.44. The third kappa shape index (κ3) is 2.45. The van der Waals surface area contributed by atoms with Gasteiger partial charge in [0.05, 0.1) is 18.1 Å². The lowest BCUT2D eigenvalue weighted by Gasteiger charge is -2.04. The summed E-state index contributed by atoms with van der Waals surface area (Å²) in [5.74, 6) is 0.924. The number of rotatable bonds is 3. The van der Waals surface area contributed by atoms with Crippen molar-refractivity contribution in [1.82, 2.24) is 19.7 Å². The molecule has 0 radical (unpaired) electrons. The molecule has 0 aromatic carbocycles. The minimum Gasteiger partial charge on any atom is -0.372 e. The van der Waals surface area contributed by atoms with Crippen LogP contribution < -0.4 is 10.6 Å². The van der Waals surface area contributed by atoms with Crippen LogP contribution in [0.5, 0.6) is 0 Å². The smallest absolute Gasteiger partial charge is 0.277 e. The first-order chi connectivity index (χ1) is 8.60. The van der Waals surface area contributed by atoms with Crippen molar-refractivity contribution in [2.45, 2.75) is 6.92 Å². The molecule has 94 valence electrons. The number of nitrogens with zero attached hydrogens (tertiary/aromatic N) is 4. The molecule has 0 fully saturated rings. The van der Waals surface area contributed by atoms with E-state index in [0.717, 1.165) is 5.69 Å². The normalized spacial score (nSPS) is 10.2. The van der Waals surface area contributed by atoms with Crippen LogP contribution >= 0.6 is 0 Å². The largest absolute Gasteiger partial charge is 0.372 e. The van der Waals surface area contributed by atoms with Crippen LogP contribution in [-0.2, 0) is 7.05 Å². The summed E-state index contributed by atoms with van der Waals surface area (Å²) < 4.78 is 1.60. The topological polar surface area (TPSA) is 84.7 Å². The minimum atomic E-state index is -0.312. The van der Waals surface area contributed by atoms with Crippen LogP contribution in [0.15, 0.2) is 18.5 Å². The Morgan fingerprint density at radius 3 is 2.61 bits per heavy atom. The van der Waals surface area contributed by atoms with Crippen molar-refractivity contribution in [3.63, 3.8) is 0 Å². The quantitative estimate of drug-likeness (QED) is 0.837. The van der Waals surface area contributed by atoms with Crippen LogP contribution in [0.25, 0.3) is 0 Å². The Labute approximate surface area is 104 Å². The molecule has 0 saturated heterocycles. The van der Waals surface area contributed by atoms with Crippen molar-refractivity contribution >= 4 is 17.5 Å². The SMILES string of the molecule is CNc1cnc(C(=O)Nc2cc(C)nn2C)cn1. The van der Waals surface area contributed by atoms with Gasteiger partial charge in [-0.2, -0.15) is 5.10 Å². The molecule has 18 heavy (non-hydrogen) atoms. The van der Waals surface area contributed by atoms with Crippen LogP contribution in [0.2, 0.25) is 0 Å². The van der Waals surface area contributed by atoms with Gasteiger partial charge in [0.15, 0.2) is 0 Å². The van der Waals surface area contributed by atoms with Crippen molar-refractivity contribution in [3.05, 3.63) is 29.8 Å². The fourth-order valence-electron chi connectivity index (χ4n) is 1.48. The van der Waals surface area contributed by atoms with Crippen LogP contribution in [0, 0.1) is 6.92 Å². The second-order valence-electron chi connectivity index (χ2n) is 3.79. The van der Waals surface area contributed by atoms with E-state index in [-0.39, 0.29) is 11.6 Å². The zero-order valence-electron chi connectivity index (χ0n) is 10.4. The van der Waals surface area contributed by atoms with Crippen molar-refractivity contribution in [3.8, 4) is 0 Å². The summed E-state index contributed by atoms with van der Waals surface area (Å²) in [4.78, 5) is 19.9. The highest BCUT2D eigenvalue weighted by molar-refractivity contribution is 6.02. The first kappa shape index (κ1) is 12.0. The average molecular weight is 246 g/mol. The number of aromatic nitrogens is 4. The van der Waals surface area contributed by atoms with Crippen LogP contribution in [0.1, 0.15) is 16.2 Å². The fraction of sp³-hybridized carbons (Fsp3) is 0.273. The van der Waals surface area contributed by atoms with Gasteiger partial charge in [-0.1, -0.05) is 0 Å². The van der Waals surface area contributed by atoms with E-state index < -0.39 is 0 Å². The van der Waals surface area contributed by atoms with E-state index in [1.165, 1.54) is 12.4 Å². The second-order valence-corrected chi connectivity index (χ2v) is 3.79. The maximum Gasteiger partial charge on any atom is 0.277 e. The third-order valence-corrected chi connectivity index (χ3v) is 2.38. The number of hydrogen-bond donors (Lipinski definition) is 2. The summed E-state index contributed by atoms with van der Waals surface area (Å²) in [6, 6.07) is 1.79. The van der Waals surface area contributed by atoms with Gasteiger partial charge < -0.3 is 10.6 Å². The molecule has 1 amide bonds. The molecule has 2 N–H and O–H groups in total. The first-order valence-corrected chi connectivity index (χ1v) is 5.42. The molecule has 7 heteroatoms. The number of nitrogens with one attached hydrogen (secondary N) is 2. The maximum atomic E-state index is 11.9. The molecule has 2 rings (SSSR count). The van der Waals surface area contributed by atoms with E-state index in [2.05, 4.69) is 25.7 Å². The van der Waals surface area contributed by atoms with Gasteiger partial charge in [0, 0.05) is 20.2 Å². The highest BCUT2D eigenvalue weighted by atomic mass is 16.2. The second kappa shape index (κ2) is 4.82. The summed E-state index contributed by atoms with van der Waals surface area (Å²) >= 11 is 0. The molecular formula is C11H14N6O. The van der Waals surface area contributed by atoms with E-state index >= 15 is 0 Å². The molecule has 0 aliphatic heterocycles. The van der Waals surface area contributed by atoms with Crippen LogP contribution in [0.4, 0.5) is 11.6 Å². The van der Waals surface area contributed by atoms with Crippen molar-refractivity contribution in [2.24, 2.45) is 7.05 Å². The lowest BCUT2D eigenvalue weighted by molar-refractivity contribution is 0.102. The molecule has 2 heterocycles. The van der Waals surface area contributed by atoms with Gasteiger partial charge in [0.2, 0.25) is 0 Å². The molecule has 0 bridgehead atoms. The molecule has 0 aliphatic rings. The van der Waals surface area contributed by atoms with Crippen LogP contribution in [-0.4, -0.2) is 32.7 Å². The zero-order chi connectivity index (χ0) is 13.1. The van der Waals surface area contributed by atoms with Gasteiger partial charge in [-0.05, 0) is 6.92 Å². The van der Waals surface area contributed by atoms with Gasteiger partial charge in [0.25, 0.3) is 5.91 Å². The molecule has 0 spiro atoms. The van der Waals surface area contributed by atoms with Crippen molar-refractivity contribution in [1.29, 1.82) is 0 Å². The number of hydrogen-bond acceptors (Lipinski definition) is 5. The number of aryl methyl sites for hydroxylation is 2. The Morgan fingerprint density at radius 1 is 1.33 bits per heavy atom. The van der Waals surface area contributed by atoms with Crippen molar-refractivity contribution in [2.75, 3.05) is 17.7 Å². The minimum absolute atomic E-state index is 0.257. The van der Waals surface area contributed by atoms with E-state index in [1.54, 1.807) is 24.8 Å². The number of amides is 1. The Morgan fingerprint density at radius 2 is 2.11 bits per heavy atom. The van der Waals surface area contributed by atoms with E-state index in [0.29, 0.717) is 11.6 Å². The van der Waals surface area contributed by atoms with Gasteiger partial charge in [-0.15, -0.1) is 0 Å². The monoisotopic (exact) mass is 246 g/mol. The standard InChI is InChI=1S/C11H14N6O/c1-7-4-10(17(3)16-7)15-11(18)8-5-14-9(12-2)6-13-8/h4-6H,1-3H3,(H,12,14)(H,15,18). The molecule has 2 aromatic rings. The molecule has 2 aromatic heterocycles. The molecule has 0 atom stereocenters. The summed E-state index contributed by atoms with van der Waals surface area (Å²) in [7, 11) is 3.50. The van der Waals surface area contributed by atoms with Crippen molar-refractivity contribution < 1.29 is 4.79 Å². The molecular weight excluding hydrogens is 232 g/mol. The lowest BCUT2D eigenvalue weighted by Crippen LogP contribution is -2.16. The zero-order valence-corrected chi connectivity index (χ0v) is 10.4. The molecule has 0 unspecified atom stereocenters. The average Bonchev–Trinajstić information content (AvgIpc) is 2.68. The summed E-state index contributed by atoms with van der Waals surface area (Å²) in [6.45, 7) is 1.86.